The van der Waals surface area contributed by atoms with Crippen LogP contribution >= 0.6 is 11.3 Å². The Bertz CT molecular complexity index is 1480. The molecular weight excluding hydrogens is 528 g/mol. The fourth-order valence-electron chi connectivity index (χ4n) is 4.68. The number of piperazine rings is 1. The van der Waals surface area contributed by atoms with Crippen LogP contribution in [0.5, 0.6) is 11.5 Å². The zero-order valence-electron chi connectivity index (χ0n) is 23.0. The number of carbonyl (C=O) groups excluding carboxylic acids is 2. The number of thiazole rings is 1. The molecule has 3 heterocycles. The van der Waals surface area contributed by atoms with Crippen LogP contribution in [0.3, 0.4) is 0 Å². The minimum Gasteiger partial charge on any atom is -0.497 e. The number of benzene rings is 2. The average molecular weight is 561 g/mol. The van der Waals surface area contributed by atoms with E-state index in [4.69, 9.17) is 14.5 Å². The van der Waals surface area contributed by atoms with E-state index in [1.807, 2.05) is 74.7 Å². The molecular formula is C29H32N6O4S. The van der Waals surface area contributed by atoms with Gasteiger partial charge in [-0.05, 0) is 69.3 Å². The van der Waals surface area contributed by atoms with Gasteiger partial charge < -0.3 is 24.6 Å². The smallest absolute Gasteiger partial charge is 0.322 e. The largest absolute Gasteiger partial charge is 0.497 e. The number of aromatic nitrogens is 3. The van der Waals surface area contributed by atoms with E-state index < -0.39 is 0 Å². The zero-order valence-corrected chi connectivity index (χ0v) is 23.8. The van der Waals surface area contributed by atoms with Gasteiger partial charge in [-0.1, -0.05) is 0 Å². The molecule has 10 nitrogen and oxygen atoms in total. The molecule has 5 rings (SSSR count). The van der Waals surface area contributed by atoms with E-state index in [1.165, 1.54) is 11.3 Å². The Morgan fingerprint density at radius 1 is 1.07 bits per heavy atom. The third-order valence-electron chi connectivity index (χ3n) is 6.89. The van der Waals surface area contributed by atoms with Crippen molar-refractivity contribution < 1.29 is 19.1 Å². The molecule has 2 aromatic heterocycles. The number of ether oxygens (including phenoxy) is 2. The van der Waals surface area contributed by atoms with Crippen LogP contribution in [0.2, 0.25) is 0 Å². The van der Waals surface area contributed by atoms with E-state index in [9.17, 15) is 9.59 Å². The Balaban J connectivity index is 1.22. The summed E-state index contributed by atoms with van der Waals surface area (Å²) in [7, 11) is 1.64. The predicted molar refractivity (Wildman–Crippen MR) is 155 cm³/mol. The van der Waals surface area contributed by atoms with Crippen molar-refractivity contribution in [2.45, 2.75) is 26.8 Å². The van der Waals surface area contributed by atoms with Crippen LogP contribution in [0.4, 0.5) is 10.5 Å². The lowest BCUT2D eigenvalue weighted by Crippen LogP contribution is -2.56. The molecule has 1 N–H and O–H groups in total. The van der Waals surface area contributed by atoms with Crippen LogP contribution in [0, 0.1) is 6.92 Å². The van der Waals surface area contributed by atoms with E-state index in [2.05, 4.69) is 10.4 Å². The number of urea groups is 1. The quantitative estimate of drug-likeness (QED) is 0.338. The van der Waals surface area contributed by atoms with Crippen molar-refractivity contribution in [3.05, 3.63) is 71.4 Å². The fourth-order valence-corrected chi connectivity index (χ4v) is 5.52. The second-order valence-corrected chi connectivity index (χ2v) is 10.3. The van der Waals surface area contributed by atoms with Crippen molar-refractivity contribution in [3.63, 3.8) is 0 Å². The highest BCUT2D eigenvalue weighted by atomic mass is 32.1. The second kappa shape index (κ2) is 11.8. The maximum Gasteiger partial charge on any atom is 0.322 e. The highest BCUT2D eigenvalue weighted by Gasteiger charge is 2.31. The van der Waals surface area contributed by atoms with Gasteiger partial charge in [0.05, 0.1) is 36.9 Å². The summed E-state index contributed by atoms with van der Waals surface area (Å²) in [6.45, 7) is 7.63. The topological polar surface area (TPSA) is 102 Å². The van der Waals surface area contributed by atoms with Crippen molar-refractivity contribution >= 4 is 29.0 Å². The van der Waals surface area contributed by atoms with E-state index in [0.717, 1.165) is 28.5 Å². The number of rotatable bonds is 7. The molecule has 0 unspecified atom stereocenters. The summed E-state index contributed by atoms with van der Waals surface area (Å²) >= 11 is 1.46. The first-order chi connectivity index (χ1) is 19.4. The average Bonchev–Trinajstić information content (AvgIpc) is 3.60. The van der Waals surface area contributed by atoms with Crippen molar-refractivity contribution in [3.8, 4) is 27.9 Å². The number of anilines is 1. The van der Waals surface area contributed by atoms with Gasteiger partial charge in [-0.25, -0.2) is 14.5 Å². The number of carbonyl (C=O) groups is 2. The summed E-state index contributed by atoms with van der Waals surface area (Å²) in [5.41, 5.74) is 3.76. The molecule has 1 aliphatic rings. The number of methoxy groups -OCH3 is 1. The Morgan fingerprint density at radius 2 is 1.80 bits per heavy atom. The van der Waals surface area contributed by atoms with Gasteiger partial charge in [0.2, 0.25) is 5.13 Å². The maximum atomic E-state index is 13.5. The fraction of sp³-hybridized carbons (Fsp3) is 0.310. The van der Waals surface area contributed by atoms with Crippen molar-refractivity contribution in [2.24, 2.45) is 0 Å². The molecule has 0 bridgehead atoms. The van der Waals surface area contributed by atoms with Crippen molar-refractivity contribution in [1.82, 2.24) is 24.6 Å². The number of hydrogen-bond acceptors (Lipinski definition) is 7. The third kappa shape index (κ3) is 5.64. The molecule has 1 atom stereocenters. The molecule has 1 saturated heterocycles. The summed E-state index contributed by atoms with van der Waals surface area (Å²) in [6, 6.07) is 14.7. The SMILES string of the molecule is CCOc1ccc(NC(=O)N2CCN(C(=O)c3cnn(-c4nc(-c5ccc(OC)cc5)cs4)c3C)C[C@@H]2C)cc1. The lowest BCUT2D eigenvalue weighted by Gasteiger charge is -2.39. The maximum absolute atomic E-state index is 13.5. The first kappa shape index (κ1) is 27.2. The van der Waals surface area contributed by atoms with Crippen LogP contribution in [0.25, 0.3) is 16.4 Å². The van der Waals surface area contributed by atoms with Crippen LogP contribution in [0.15, 0.2) is 60.1 Å². The summed E-state index contributed by atoms with van der Waals surface area (Å²) in [4.78, 5) is 34.7. The molecule has 0 spiro atoms. The summed E-state index contributed by atoms with van der Waals surface area (Å²) < 4.78 is 12.4. The number of hydrogen-bond donors (Lipinski definition) is 1. The molecule has 2 aromatic carbocycles. The molecule has 1 fully saturated rings. The van der Waals surface area contributed by atoms with Gasteiger partial charge in [0, 0.05) is 42.3 Å². The molecule has 3 amide bonds. The summed E-state index contributed by atoms with van der Waals surface area (Å²) in [6.07, 6.45) is 1.60. The highest BCUT2D eigenvalue weighted by Crippen LogP contribution is 2.27. The monoisotopic (exact) mass is 560 g/mol. The predicted octanol–water partition coefficient (Wildman–Crippen LogP) is 5.09. The minimum absolute atomic E-state index is 0.103. The van der Waals surface area contributed by atoms with Gasteiger partial charge in [0.25, 0.3) is 5.91 Å². The molecule has 4 aromatic rings. The first-order valence-corrected chi connectivity index (χ1v) is 14.0. The lowest BCUT2D eigenvalue weighted by molar-refractivity contribution is 0.0591. The molecule has 11 heteroatoms. The van der Waals surface area contributed by atoms with Crippen molar-refractivity contribution in [1.29, 1.82) is 0 Å². The third-order valence-corrected chi connectivity index (χ3v) is 7.71. The van der Waals surface area contributed by atoms with E-state index in [1.54, 1.807) is 27.8 Å². The lowest BCUT2D eigenvalue weighted by atomic mass is 10.1. The van der Waals surface area contributed by atoms with Gasteiger partial charge in [-0.2, -0.15) is 5.10 Å². The Labute approximate surface area is 237 Å². The van der Waals surface area contributed by atoms with Gasteiger partial charge in [-0.3, -0.25) is 4.79 Å². The van der Waals surface area contributed by atoms with Crippen LogP contribution in [-0.4, -0.2) is 75.9 Å². The van der Waals surface area contributed by atoms with Gasteiger partial charge in [-0.15, -0.1) is 11.3 Å². The highest BCUT2D eigenvalue weighted by molar-refractivity contribution is 7.12. The van der Waals surface area contributed by atoms with E-state index >= 15 is 0 Å². The molecule has 0 radical (unpaired) electrons. The van der Waals surface area contributed by atoms with Crippen LogP contribution < -0.4 is 14.8 Å². The number of nitrogens with one attached hydrogen (secondary N) is 1. The summed E-state index contributed by atoms with van der Waals surface area (Å²) in [5, 5.41) is 10.1. The minimum atomic E-state index is -0.191. The zero-order chi connectivity index (χ0) is 28.2. The van der Waals surface area contributed by atoms with Crippen LogP contribution in [-0.2, 0) is 0 Å². The Hall–Kier alpha value is -4.38. The molecule has 40 heavy (non-hydrogen) atoms. The molecule has 0 aliphatic carbocycles. The van der Waals surface area contributed by atoms with Crippen molar-refractivity contribution in [2.75, 3.05) is 38.7 Å². The molecule has 0 saturated carbocycles. The van der Waals surface area contributed by atoms with Crippen LogP contribution in [0.1, 0.15) is 29.9 Å². The Kier molecular flexibility index (Phi) is 8.01. The van der Waals surface area contributed by atoms with Gasteiger partial charge in [0.1, 0.15) is 11.5 Å². The standard InChI is InChI=1S/C29H32N6O4S/c1-5-39-24-12-8-22(9-13-24)31-28(37)34-15-14-33(17-19(34)2)27(36)25-16-30-35(20(25)3)29-32-26(18-40-29)21-6-10-23(38-4)11-7-21/h6-13,16,18-19H,5,14-15,17H2,1-4H3,(H,31,37)/t19-/m0/s1. The second-order valence-electron chi connectivity index (χ2n) is 9.48. The normalized spacial score (nSPS) is 15.2. The van der Waals surface area contributed by atoms with Gasteiger partial charge >= 0.3 is 6.03 Å². The molecule has 208 valence electrons. The van der Waals surface area contributed by atoms with E-state index in [-0.39, 0.29) is 18.0 Å². The van der Waals surface area contributed by atoms with Gasteiger partial charge in [0.15, 0.2) is 0 Å². The summed E-state index contributed by atoms with van der Waals surface area (Å²) in [5.74, 6) is 1.44. The first-order valence-electron chi connectivity index (χ1n) is 13.1. The number of nitrogens with zero attached hydrogens (tertiary/aromatic N) is 5. The number of amides is 3. The Morgan fingerprint density at radius 3 is 2.48 bits per heavy atom. The molecule has 1 aliphatic heterocycles. The van der Waals surface area contributed by atoms with E-state index in [0.29, 0.717) is 42.6 Å².